The van der Waals surface area contributed by atoms with Crippen molar-refractivity contribution in [2.24, 2.45) is 0 Å². The van der Waals surface area contributed by atoms with Crippen molar-refractivity contribution in [3.05, 3.63) is 53.6 Å². The van der Waals surface area contributed by atoms with Crippen molar-refractivity contribution in [2.75, 3.05) is 31.7 Å². The molecule has 0 radical (unpaired) electrons. The molecule has 0 amide bonds. The van der Waals surface area contributed by atoms with E-state index in [4.69, 9.17) is 14.2 Å². The number of hydrogen-bond acceptors (Lipinski definition) is 4. The number of anilines is 1. The summed E-state index contributed by atoms with van der Waals surface area (Å²) < 4.78 is 17.1. The van der Waals surface area contributed by atoms with Gasteiger partial charge < -0.3 is 19.5 Å². The summed E-state index contributed by atoms with van der Waals surface area (Å²) in [5.41, 5.74) is 3.51. The van der Waals surface area contributed by atoms with E-state index in [1.54, 1.807) is 0 Å². The van der Waals surface area contributed by atoms with Crippen LogP contribution in [0.25, 0.3) is 0 Å². The van der Waals surface area contributed by atoms with Gasteiger partial charge in [-0.15, -0.1) is 0 Å². The lowest BCUT2D eigenvalue weighted by Gasteiger charge is -2.12. The van der Waals surface area contributed by atoms with E-state index in [-0.39, 0.29) is 6.10 Å². The number of rotatable bonds is 8. The van der Waals surface area contributed by atoms with Crippen molar-refractivity contribution in [2.45, 2.75) is 32.8 Å². The second-order valence-electron chi connectivity index (χ2n) is 6.57. The Kier molecular flexibility index (Phi) is 6.18. The van der Waals surface area contributed by atoms with Gasteiger partial charge in [0.25, 0.3) is 0 Å². The minimum Gasteiger partial charge on any atom is -0.492 e. The fourth-order valence-electron chi connectivity index (χ4n) is 3.01. The lowest BCUT2D eigenvalue weighted by Crippen LogP contribution is -2.16. The van der Waals surface area contributed by atoms with Crippen LogP contribution in [-0.2, 0) is 4.74 Å². The molecule has 1 aliphatic rings. The number of aryl methyl sites for hydroxylation is 2. The van der Waals surface area contributed by atoms with Crippen LogP contribution in [0.4, 0.5) is 5.69 Å². The van der Waals surface area contributed by atoms with E-state index in [0.29, 0.717) is 13.2 Å². The molecule has 0 aliphatic carbocycles. The number of nitrogens with one attached hydrogen (secondary N) is 1. The summed E-state index contributed by atoms with van der Waals surface area (Å²) in [7, 11) is 0. The molecule has 25 heavy (non-hydrogen) atoms. The van der Waals surface area contributed by atoms with Gasteiger partial charge in [-0.25, -0.2) is 0 Å². The Balaban J connectivity index is 1.38. The Morgan fingerprint density at radius 3 is 2.44 bits per heavy atom. The van der Waals surface area contributed by atoms with E-state index in [2.05, 4.69) is 37.4 Å². The van der Waals surface area contributed by atoms with Gasteiger partial charge in [0.2, 0.25) is 0 Å². The third-order valence-corrected chi connectivity index (χ3v) is 4.21. The second-order valence-corrected chi connectivity index (χ2v) is 6.57. The molecule has 0 spiro atoms. The Morgan fingerprint density at radius 2 is 1.76 bits per heavy atom. The highest BCUT2D eigenvalue weighted by Gasteiger charge is 2.15. The van der Waals surface area contributed by atoms with Crippen LogP contribution in [-0.4, -0.2) is 32.5 Å². The van der Waals surface area contributed by atoms with Crippen molar-refractivity contribution >= 4 is 5.69 Å². The summed E-state index contributed by atoms with van der Waals surface area (Å²) in [6.07, 6.45) is 2.49. The summed E-state index contributed by atoms with van der Waals surface area (Å²) >= 11 is 0. The summed E-state index contributed by atoms with van der Waals surface area (Å²) in [5, 5.41) is 3.36. The zero-order valence-corrected chi connectivity index (χ0v) is 15.1. The van der Waals surface area contributed by atoms with Gasteiger partial charge in [-0.1, -0.05) is 6.07 Å². The van der Waals surface area contributed by atoms with Crippen LogP contribution in [0, 0.1) is 13.8 Å². The summed E-state index contributed by atoms with van der Waals surface area (Å²) in [6.45, 7) is 7.04. The zero-order chi connectivity index (χ0) is 17.5. The fraction of sp³-hybridized carbons (Fsp3) is 0.429. The maximum atomic E-state index is 5.81. The lowest BCUT2D eigenvalue weighted by atomic mass is 10.1. The van der Waals surface area contributed by atoms with E-state index in [1.165, 1.54) is 11.1 Å². The molecule has 2 aromatic rings. The highest BCUT2D eigenvalue weighted by Crippen LogP contribution is 2.19. The highest BCUT2D eigenvalue weighted by molar-refractivity contribution is 5.46. The molecule has 1 aliphatic heterocycles. The predicted molar refractivity (Wildman–Crippen MR) is 101 cm³/mol. The van der Waals surface area contributed by atoms with Gasteiger partial charge in [0.1, 0.15) is 24.7 Å². The molecule has 1 saturated heterocycles. The topological polar surface area (TPSA) is 39.7 Å². The Morgan fingerprint density at radius 1 is 1.00 bits per heavy atom. The molecule has 134 valence electrons. The van der Waals surface area contributed by atoms with Crippen LogP contribution >= 0.6 is 0 Å². The predicted octanol–water partition coefficient (Wildman–Crippen LogP) is 4.35. The van der Waals surface area contributed by atoms with Crippen LogP contribution in [0.1, 0.15) is 24.0 Å². The van der Waals surface area contributed by atoms with Crippen LogP contribution in [0.2, 0.25) is 0 Å². The van der Waals surface area contributed by atoms with E-state index in [0.717, 1.165) is 43.2 Å². The molecule has 4 heteroatoms. The smallest absolute Gasteiger partial charge is 0.119 e. The molecule has 1 atom stereocenters. The first-order valence-electron chi connectivity index (χ1n) is 8.98. The quantitative estimate of drug-likeness (QED) is 0.725. The van der Waals surface area contributed by atoms with Crippen LogP contribution < -0.4 is 14.8 Å². The maximum absolute atomic E-state index is 5.81. The average molecular weight is 341 g/mol. The van der Waals surface area contributed by atoms with Gasteiger partial charge in [0, 0.05) is 18.8 Å². The summed E-state index contributed by atoms with van der Waals surface area (Å²) in [4.78, 5) is 0. The minimum atomic E-state index is 0.250. The van der Waals surface area contributed by atoms with Crippen LogP contribution in [0.15, 0.2) is 42.5 Å². The van der Waals surface area contributed by atoms with Crippen molar-refractivity contribution in [1.29, 1.82) is 0 Å². The summed E-state index contributed by atoms with van der Waals surface area (Å²) in [6, 6.07) is 14.3. The molecule has 0 aromatic heterocycles. The molecule has 0 bridgehead atoms. The molecule has 1 unspecified atom stereocenters. The second kappa shape index (κ2) is 8.77. The van der Waals surface area contributed by atoms with Crippen LogP contribution in [0.3, 0.4) is 0 Å². The molecule has 4 nitrogen and oxygen atoms in total. The first-order chi connectivity index (χ1) is 12.2. The molecular formula is C21H27NO3. The van der Waals surface area contributed by atoms with E-state index in [9.17, 15) is 0 Å². The first-order valence-corrected chi connectivity index (χ1v) is 8.98. The largest absolute Gasteiger partial charge is 0.492 e. The zero-order valence-electron chi connectivity index (χ0n) is 15.1. The SMILES string of the molecule is Cc1cc(C)cc(OCCNc2ccc(OCC3CCCO3)cc2)c1. The lowest BCUT2D eigenvalue weighted by molar-refractivity contribution is 0.0679. The highest BCUT2D eigenvalue weighted by atomic mass is 16.5. The number of benzene rings is 2. The normalized spacial score (nSPS) is 16.6. The van der Waals surface area contributed by atoms with Crippen molar-refractivity contribution in [1.82, 2.24) is 0 Å². The van der Waals surface area contributed by atoms with E-state index < -0.39 is 0 Å². The molecule has 3 rings (SSSR count). The Bertz CT molecular complexity index is 643. The van der Waals surface area contributed by atoms with Crippen molar-refractivity contribution < 1.29 is 14.2 Å². The molecule has 1 fully saturated rings. The average Bonchev–Trinajstić information content (AvgIpc) is 3.11. The van der Waals surface area contributed by atoms with Crippen molar-refractivity contribution in [3.63, 3.8) is 0 Å². The molecule has 1 heterocycles. The standard InChI is InChI=1S/C21H27NO3/c1-16-12-17(2)14-21(13-16)24-11-9-22-18-5-7-19(8-6-18)25-15-20-4-3-10-23-20/h5-8,12-14,20,22H,3-4,9-11,15H2,1-2H3. The number of ether oxygens (including phenoxy) is 3. The monoisotopic (exact) mass is 341 g/mol. The maximum Gasteiger partial charge on any atom is 0.119 e. The Labute approximate surface area is 150 Å². The first kappa shape index (κ1) is 17.6. The minimum absolute atomic E-state index is 0.250. The summed E-state index contributed by atoms with van der Waals surface area (Å²) in [5.74, 6) is 1.81. The van der Waals surface area contributed by atoms with Crippen LogP contribution in [0.5, 0.6) is 11.5 Å². The third-order valence-electron chi connectivity index (χ3n) is 4.21. The molecule has 0 saturated carbocycles. The van der Waals surface area contributed by atoms with Gasteiger partial charge >= 0.3 is 0 Å². The van der Waals surface area contributed by atoms with E-state index >= 15 is 0 Å². The third kappa shape index (κ3) is 5.68. The fourth-order valence-corrected chi connectivity index (χ4v) is 3.01. The Hall–Kier alpha value is -2.20. The molecular weight excluding hydrogens is 314 g/mol. The van der Waals surface area contributed by atoms with Gasteiger partial charge in [-0.2, -0.15) is 0 Å². The van der Waals surface area contributed by atoms with Crippen molar-refractivity contribution in [3.8, 4) is 11.5 Å². The van der Waals surface area contributed by atoms with Gasteiger partial charge in [0.15, 0.2) is 0 Å². The number of hydrogen-bond donors (Lipinski definition) is 1. The molecule has 1 N–H and O–H groups in total. The molecule has 2 aromatic carbocycles. The van der Waals surface area contributed by atoms with Gasteiger partial charge in [0.05, 0.1) is 6.10 Å². The van der Waals surface area contributed by atoms with Gasteiger partial charge in [-0.05, 0) is 74.2 Å². The van der Waals surface area contributed by atoms with Gasteiger partial charge in [-0.3, -0.25) is 0 Å². The van der Waals surface area contributed by atoms with E-state index in [1.807, 2.05) is 24.3 Å².